The Kier molecular flexibility index (Phi) is 6.29. The van der Waals surface area contributed by atoms with Crippen molar-refractivity contribution in [1.29, 1.82) is 0 Å². The predicted molar refractivity (Wildman–Crippen MR) is 123 cm³/mol. The Labute approximate surface area is 189 Å². The maximum absolute atomic E-state index is 11.9. The lowest BCUT2D eigenvalue weighted by Gasteiger charge is -2.12. The van der Waals surface area contributed by atoms with Gasteiger partial charge in [0.1, 0.15) is 11.9 Å². The Morgan fingerprint density at radius 3 is 2.81 bits per heavy atom. The number of benzene rings is 1. The molecule has 7 nitrogen and oxygen atoms in total. The molecule has 1 aliphatic heterocycles. The minimum atomic E-state index is -0.307. The number of methoxy groups -OCH3 is 1. The fraction of sp³-hybridized carbons (Fsp3) is 0.304. The number of pyridine rings is 1. The van der Waals surface area contributed by atoms with Gasteiger partial charge in [-0.05, 0) is 50.8 Å². The summed E-state index contributed by atoms with van der Waals surface area (Å²) < 4.78 is 7.92. The van der Waals surface area contributed by atoms with Crippen LogP contribution in [0.5, 0.6) is 0 Å². The molecule has 2 aromatic heterocycles. The molecule has 0 aliphatic carbocycles. The van der Waals surface area contributed by atoms with Crippen molar-refractivity contribution in [2.24, 2.45) is 4.99 Å². The first-order valence-electron chi connectivity index (χ1n) is 10.1. The molecule has 31 heavy (non-hydrogen) atoms. The molecule has 0 unspecified atom stereocenters. The van der Waals surface area contributed by atoms with Crippen molar-refractivity contribution < 1.29 is 9.53 Å². The summed E-state index contributed by atoms with van der Waals surface area (Å²) in [7, 11) is 5.44. The number of imidazole rings is 1. The van der Waals surface area contributed by atoms with Gasteiger partial charge in [-0.25, -0.2) is 4.98 Å². The molecule has 160 valence electrons. The van der Waals surface area contributed by atoms with Crippen molar-refractivity contribution in [2.75, 3.05) is 21.2 Å². The van der Waals surface area contributed by atoms with Crippen LogP contribution in [0.1, 0.15) is 41.7 Å². The first-order valence-corrected chi connectivity index (χ1v) is 10.8. The molecule has 0 N–H and O–H groups in total. The van der Waals surface area contributed by atoms with Gasteiger partial charge in [0, 0.05) is 35.4 Å². The van der Waals surface area contributed by atoms with Gasteiger partial charge in [-0.1, -0.05) is 22.0 Å². The molecule has 0 bridgehead atoms. The largest absolute Gasteiger partial charge is 0.469 e. The molecule has 0 saturated carbocycles. The highest BCUT2D eigenvalue weighted by atomic mass is 79.9. The van der Waals surface area contributed by atoms with Crippen LogP contribution in [0.15, 0.2) is 58.3 Å². The van der Waals surface area contributed by atoms with Crippen molar-refractivity contribution in [3.63, 3.8) is 0 Å². The first-order chi connectivity index (χ1) is 15.0. The highest BCUT2D eigenvalue weighted by Crippen LogP contribution is 2.34. The number of hydrogen-bond donors (Lipinski definition) is 0. The predicted octanol–water partition coefficient (Wildman–Crippen LogP) is 3.94. The van der Waals surface area contributed by atoms with Gasteiger partial charge in [-0.15, -0.1) is 0 Å². The van der Waals surface area contributed by atoms with E-state index in [0.717, 1.165) is 38.6 Å². The molecule has 3 aromatic rings. The summed E-state index contributed by atoms with van der Waals surface area (Å²) in [5.41, 5.74) is 4.47. The standard InChI is InChI=1S/C23H24BrN5O2/c1-28(2)13-16-14-29-20-9-7-15(24)12-17(20)22(18-6-4-5-11-25-18)27-19(23(29)26-16)8-10-21(30)31-3/h4-7,9,11-12,14,19H,8,10,13H2,1-3H3/t19-/m0/s1. The maximum atomic E-state index is 11.9. The minimum Gasteiger partial charge on any atom is -0.469 e. The second-order valence-corrected chi connectivity index (χ2v) is 8.60. The number of ether oxygens (including phenoxy) is 1. The van der Waals surface area contributed by atoms with Crippen LogP contribution in [-0.2, 0) is 16.1 Å². The Morgan fingerprint density at radius 1 is 1.26 bits per heavy atom. The van der Waals surface area contributed by atoms with E-state index in [0.29, 0.717) is 13.0 Å². The summed E-state index contributed by atoms with van der Waals surface area (Å²) in [4.78, 5) is 28.5. The van der Waals surface area contributed by atoms with Crippen molar-refractivity contribution >= 4 is 27.6 Å². The van der Waals surface area contributed by atoms with E-state index in [1.165, 1.54) is 7.11 Å². The lowest BCUT2D eigenvalue weighted by Crippen LogP contribution is -2.12. The molecular formula is C23H24BrN5O2. The number of fused-ring (bicyclic) bond motifs is 3. The van der Waals surface area contributed by atoms with Crippen molar-refractivity contribution in [3.05, 3.63) is 76.0 Å². The Balaban J connectivity index is 1.90. The topological polar surface area (TPSA) is 72.6 Å². The number of hydrogen-bond acceptors (Lipinski definition) is 6. The molecule has 0 fully saturated rings. The molecule has 1 aliphatic rings. The number of rotatable bonds is 6. The van der Waals surface area contributed by atoms with E-state index in [1.807, 2.05) is 38.4 Å². The van der Waals surface area contributed by atoms with E-state index >= 15 is 0 Å². The van der Waals surface area contributed by atoms with Gasteiger partial charge in [0.2, 0.25) is 0 Å². The summed E-state index contributed by atoms with van der Waals surface area (Å²) in [5, 5.41) is 0. The second-order valence-electron chi connectivity index (χ2n) is 7.68. The fourth-order valence-electron chi connectivity index (χ4n) is 3.72. The van der Waals surface area contributed by atoms with E-state index in [1.54, 1.807) is 6.20 Å². The van der Waals surface area contributed by atoms with Gasteiger partial charge < -0.3 is 14.2 Å². The smallest absolute Gasteiger partial charge is 0.305 e. The van der Waals surface area contributed by atoms with Crippen molar-refractivity contribution in [3.8, 4) is 5.69 Å². The summed E-state index contributed by atoms with van der Waals surface area (Å²) in [6.45, 7) is 0.715. The number of aromatic nitrogens is 3. The Bertz CT molecular complexity index is 1120. The van der Waals surface area contributed by atoms with Crippen LogP contribution >= 0.6 is 15.9 Å². The van der Waals surface area contributed by atoms with Crippen molar-refractivity contribution in [1.82, 2.24) is 19.4 Å². The minimum absolute atomic E-state index is 0.259. The average molecular weight is 482 g/mol. The van der Waals surface area contributed by atoms with Crippen LogP contribution < -0.4 is 0 Å². The molecule has 0 radical (unpaired) electrons. The van der Waals surface area contributed by atoms with Gasteiger partial charge in [0.15, 0.2) is 0 Å². The highest BCUT2D eigenvalue weighted by molar-refractivity contribution is 9.10. The zero-order valence-corrected chi connectivity index (χ0v) is 19.3. The Morgan fingerprint density at radius 2 is 2.10 bits per heavy atom. The summed E-state index contributed by atoms with van der Waals surface area (Å²) in [6.07, 6.45) is 4.58. The molecule has 0 amide bonds. The molecule has 3 heterocycles. The van der Waals surface area contributed by atoms with Gasteiger partial charge in [-0.2, -0.15) is 0 Å². The van der Waals surface area contributed by atoms with Crippen LogP contribution in [0, 0.1) is 0 Å². The molecule has 4 rings (SSSR count). The quantitative estimate of drug-likeness (QED) is 0.498. The van der Waals surface area contributed by atoms with E-state index in [9.17, 15) is 4.79 Å². The number of nitrogens with zero attached hydrogens (tertiary/aromatic N) is 5. The normalized spacial score (nSPS) is 15.1. The average Bonchev–Trinajstić information content (AvgIpc) is 3.11. The molecular weight excluding hydrogens is 458 g/mol. The number of carbonyl (C=O) groups excluding carboxylic acids is 1. The van der Waals surface area contributed by atoms with E-state index < -0.39 is 0 Å². The molecule has 1 atom stereocenters. The molecule has 0 saturated heterocycles. The van der Waals surface area contributed by atoms with Crippen LogP contribution in [0.4, 0.5) is 0 Å². The summed E-state index contributed by atoms with van der Waals surface area (Å²) >= 11 is 3.60. The number of esters is 1. The van der Waals surface area contributed by atoms with Gasteiger partial charge in [0.25, 0.3) is 0 Å². The highest BCUT2D eigenvalue weighted by Gasteiger charge is 2.28. The van der Waals surface area contributed by atoms with Crippen molar-refractivity contribution in [2.45, 2.75) is 25.4 Å². The fourth-order valence-corrected chi connectivity index (χ4v) is 4.08. The maximum Gasteiger partial charge on any atom is 0.305 e. The van der Waals surface area contributed by atoms with Gasteiger partial charge >= 0.3 is 5.97 Å². The number of aliphatic imine (C=N–C) groups is 1. The molecule has 1 aromatic carbocycles. The monoisotopic (exact) mass is 481 g/mol. The van der Waals surface area contributed by atoms with Crippen LogP contribution in [-0.4, -0.2) is 52.3 Å². The zero-order valence-electron chi connectivity index (χ0n) is 17.7. The first kappa shape index (κ1) is 21.4. The summed E-state index contributed by atoms with van der Waals surface area (Å²) in [6, 6.07) is 11.6. The zero-order chi connectivity index (χ0) is 22.0. The molecule has 8 heteroatoms. The third kappa shape index (κ3) is 4.60. The lowest BCUT2D eigenvalue weighted by molar-refractivity contribution is -0.140. The third-order valence-corrected chi connectivity index (χ3v) is 5.57. The van der Waals surface area contributed by atoms with E-state index in [2.05, 4.69) is 48.7 Å². The summed E-state index contributed by atoms with van der Waals surface area (Å²) in [5.74, 6) is 0.556. The van der Waals surface area contributed by atoms with Gasteiger partial charge in [0.05, 0.1) is 29.9 Å². The van der Waals surface area contributed by atoms with Crippen LogP contribution in [0.2, 0.25) is 0 Å². The lowest BCUT2D eigenvalue weighted by atomic mass is 10.0. The van der Waals surface area contributed by atoms with Crippen LogP contribution in [0.25, 0.3) is 5.69 Å². The second kappa shape index (κ2) is 9.11. The molecule has 0 spiro atoms. The number of halogens is 1. The van der Waals surface area contributed by atoms with Gasteiger partial charge in [-0.3, -0.25) is 14.8 Å². The van der Waals surface area contributed by atoms with E-state index in [-0.39, 0.29) is 18.4 Å². The van der Waals surface area contributed by atoms with E-state index in [4.69, 9.17) is 14.7 Å². The Hall–Kier alpha value is -2.84. The number of carbonyl (C=O) groups is 1. The third-order valence-electron chi connectivity index (χ3n) is 5.07. The SMILES string of the molecule is COC(=O)CC[C@@H]1N=C(c2ccccn2)c2cc(Br)ccc2-n2cc(CN(C)C)nc21. The van der Waals surface area contributed by atoms with Crippen LogP contribution in [0.3, 0.4) is 0 Å².